The highest BCUT2D eigenvalue weighted by Gasteiger charge is 2.37. The molecule has 4 aliphatic heterocycles. The third kappa shape index (κ3) is 13.2. The minimum Gasteiger partial charge on any atom is -0.341 e. The van der Waals surface area contributed by atoms with Gasteiger partial charge >= 0.3 is 0 Å². The van der Waals surface area contributed by atoms with Gasteiger partial charge in [0.25, 0.3) is 17.4 Å². The van der Waals surface area contributed by atoms with E-state index < -0.39 is 17.8 Å². The molecule has 74 heavy (non-hydrogen) atoms. The lowest BCUT2D eigenvalue weighted by Gasteiger charge is -2.41. The van der Waals surface area contributed by atoms with Gasteiger partial charge in [-0.25, -0.2) is 9.49 Å². The summed E-state index contributed by atoms with van der Waals surface area (Å²) in [7, 11) is 0. The topological polar surface area (TPSA) is 175 Å². The molecule has 4 saturated heterocycles. The van der Waals surface area contributed by atoms with Crippen molar-refractivity contribution in [3.05, 3.63) is 97.0 Å². The molecule has 3 aromatic rings. The van der Waals surface area contributed by atoms with Gasteiger partial charge in [0, 0.05) is 106 Å². The van der Waals surface area contributed by atoms with E-state index in [1.165, 1.54) is 6.07 Å². The SMILES string of the molecule is CC(C)NCC(=O)N1CCCC(c2cccc(C(=O)NC(C(=O)N3CCN(CC4CCN(CC(=O)N5CCN(C(=O)c6cc(Cc7n[nH]c(=O)c8c7=CCCC=8)ccc6F)CC5)CC4)CC3)C3CCCCC3)c2)C1. The molecule has 9 rings (SSSR count). The van der Waals surface area contributed by atoms with Crippen molar-refractivity contribution in [3.8, 4) is 0 Å². The molecule has 0 spiro atoms. The second-order valence-corrected chi connectivity index (χ2v) is 22.0. The van der Waals surface area contributed by atoms with Gasteiger partial charge in [-0.05, 0) is 112 Å². The number of aromatic amines is 1. The van der Waals surface area contributed by atoms with E-state index in [1.54, 1.807) is 17.0 Å². The van der Waals surface area contributed by atoms with Crippen molar-refractivity contribution in [3.63, 3.8) is 0 Å². The maximum Gasteiger partial charge on any atom is 0.271 e. The first kappa shape index (κ1) is 53.1. The minimum atomic E-state index is -0.594. The van der Waals surface area contributed by atoms with E-state index in [1.807, 2.05) is 58.9 Å². The lowest BCUT2D eigenvalue weighted by atomic mass is 9.83. The standard InChI is InChI=1S/C57H77FN10O6/c1-39(2)59-35-51(69)68-21-9-14-45(37-68)43-12-8-13-44(34-43)54(71)60-53(42-10-4-3-5-11-42)57(74)67-26-24-64(25-27-67)36-40-19-22-63(23-20-40)38-52(70)65-28-30-66(31-29-65)56(73)48-32-41(17-18-49(48)58)33-50-46-15-6-7-16-47(46)55(72)62-61-50/h8,12-13,15-18,32,34,39-40,42,45,53,59H,3-7,9-11,14,19-31,33,35-38H2,1-2H3,(H,60,71)(H,62,72). The van der Waals surface area contributed by atoms with Crippen LogP contribution in [0.2, 0.25) is 0 Å². The molecule has 6 aliphatic rings. The fourth-order valence-corrected chi connectivity index (χ4v) is 12.1. The molecule has 0 radical (unpaired) electrons. The Morgan fingerprint density at radius 1 is 0.730 bits per heavy atom. The summed E-state index contributed by atoms with van der Waals surface area (Å²) in [5, 5.41) is 14.7. The number of piperidine rings is 2. The second-order valence-electron chi connectivity index (χ2n) is 22.0. The van der Waals surface area contributed by atoms with Gasteiger partial charge in [-0.15, -0.1) is 0 Å². The molecule has 2 atom stereocenters. The number of likely N-dealkylation sites (tertiary alicyclic amines) is 2. The molecular formula is C57H77FN10O6. The number of nitrogens with zero attached hydrogens (tertiary/aromatic N) is 7. The number of hydrogen-bond donors (Lipinski definition) is 3. The molecule has 5 fully saturated rings. The van der Waals surface area contributed by atoms with Crippen LogP contribution in [-0.2, 0) is 20.8 Å². The Kier molecular flexibility index (Phi) is 17.7. The predicted octanol–water partition coefficient (Wildman–Crippen LogP) is 3.08. The maximum absolute atomic E-state index is 15.1. The van der Waals surface area contributed by atoms with Crippen LogP contribution in [-0.4, -0.2) is 179 Å². The number of fused-ring (bicyclic) bond motifs is 1. The normalized spacial score (nSPS) is 20.9. The van der Waals surface area contributed by atoms with Gasteiger partial charge in [0.15, 0.2) is 0 Å². The number of piperazine rings is 2. The van der Waals surface area contributed by atoms with Gasteiger partial charge in [0.2, 0.25) is 17.7 Å². The Bertz CT molecular complexity index is 2680. The minimum absolute atomic E-state index is 0.00840. The van der Waals surface area contributed by atoms with Crippen LogP contribution in [0.5, 0.6) is 0 Å². The van der Waals surface area contributed by atoms with Crippen molar-refractivity contribution in [1.29, 1.82) is 0 Å². The number of hydrogen-bond acceptors (Lipinski definition) is 10. The highest BCUT2D eigenvalue weighted by atomic mass is 19.1. The lowest BCUT2D eigenvalue weighted by molar-refractivity contribution is -0.137. The summed E-state index contributed by atoms with van der Waals surface area (Å²) in [6, 6.07) is 12.0. The van der Waals surface area contributed by atoms with Gasteiger partial charge in [-0.1, -0.05) is 63.5 Å². The molecule has 5 amide bonds. The smallest absolute Gasteiger partial charge is 0.271 e. The largest absolute Gasteiger partial charge is 0.341 e. The van der Waals surface area contributed by atoms with Gasteiger partial charge in [-0.3, -0.25) is 38.6 Å². The van der Waals surface area contributed by atoms with Crippen molar-refractivity contribution in [2.24, 2.45) is 11.8 Å². The first-order valence-corrected chi connectivity index (χ1v) is 27.7. The Labute approximate surface area is 434 Å². The lowest BCUT2D eigenvalue weighted by Crippen LogP contribution is -2.57. The molecule has 16 nitrogen and oxygen atoms in total. The zero-order valence-corrected chi connectivity index (χ0v) is 43.6. The molecule has 0 bridgehead atoms. The number of aromatic nitrogens is 2. The zero-order valence-electron chi connectivity index (χ0n) is 43.6. The molecule has 2 unspecified atom stereocenters. The molecule has 5 heterocycles. The summed E-state index contributed by atoms with van der Waals surface area (Å²) < 4.78 is 15.1. The van der Waals surface area contributed by atoms with Crippen LogP contribution >= 0.6 is 0 Å². The Hall–Kier alpha value is -5.78. The van der Waals surface area contributed by atoms with Gasteiger partial charge in [-0.2, -0.15) is 5.10 Å². The number of carbonyl (C=O) groups excluding carboxylic acids is 5. The third-order valence-electron chi connectivity index (χ3n) is 16.6. The number of rotatable bonds is 15. The van der Waals surface area contributed by atoms with Crippen LogP contribution in [0.1, 0.15) is 128 Å². The summed E-state index contributed by atoms with van der Waals surface area (Å²) >= 11 is 0. The Morgan fingerprint density at radius 2 is 1.45 bits per heavy atom. The van der Waals surface area contributed by atoms with Gasteiger partial charge in [0.1, 0.15) is 11.9 Å². The summed E-state index contributed by atoms with van der Waals surface area (Å²) in [4.78, 5) is 92.9. The Morgan fingerprint density at radius 3 is 2.19 bits per heavy atom. The van der Waals surface area contributed by atoms with Crippen molar-refractivity contribution >= 4 is 41.7 Å². The fourth-order valence-electron chi connectivity index (χ4n) is 12.1. The highest BCUT2D eigenvalue weighted by Crippen LogP contribution is 2.30. The molecule has 1 saturated carbocycles. The second kappa shape index (κ2) is 24.7. The molecule has 17 heteroatoms. The highest BCUT2D eigenvalue weighted by molar-refractivity contribution is 5.98. The van der Waals surface area contributed by atoms with Crippen molar-refractivity contribution < 1.29 is 28.4 Å². The maximum atomic E-state index is 15.1. The summed E-state index contributed by atoms with van der Waals surface area (Å²) in [5.74, 6) is -0.280. The predicted molar refractivity (Wildman–Crippen MR) is 282 cm³/mol. The van der Waals surface area contributed by atoms with Crippen LogP contribution < -0.4 is 26.6 Å². The first-order valence-electron chi connectivity index (χ1n) is 27.7. The number of benzene rings is 2. The van der Waals surface area contributed by atoms with Crippen molar-refractivity contribution in [2.45, 2.75) is 109 Å². The quantitative estimate of drug-likeness (QED) is 0.206. The van der Waals surface area contributed by atoms with E-state index >= 15 is 4.39 Å². The van der Waals surface area contributed by atoms with Crippen molar-refractivity contribution in [2.75, 3.05) is 98.2 Å². The van der Waals surface area contributed by atoms with E-state index in [0.29, 0.717) is 87.7 Å². The summed E-state index contributed by atoms with van der Waals surface area (Å²) in [5.41, 5.74) is 2.77. The average Bonchev–Trinajstić information content (AvgIpc) is 3.43. The molecule has 2 aromatic carbocycles. The molecular weight excluding hydrogens is 940 g/mol. The van der Waals surface area contributed by atoms with Crippen LogP contribution in [0.4, 0.5) is 4.39 Å². The summed E-state index contributed by atoms with van der Waals surface area (Å²) in [6.45, 7) is 13.0. The van der Waals surface area contributed by atoms with Gasteiger partial charge in [0.05, 0.1) is 24.3 Å². The van der Waals surface area contributed by atoms with Crippen LogP contribution in [0, 0.1) is 17.7 Å². The van der Waals surface area contributed by atoms with Crippen LogP contribution in [0.25, 0.3) is 12.2 Å². The van der Waals surface area contributed by atoms with E-state index in [2.05, 4.69) is 36.7 Å². The van der Waals surface area contributed by atoms with E-state index in [0.717, 1.165) is 126 Å². The Balaban J connectivity index is 0.705. The number of H-pyrrole nitrogens is 1. The fraction of sp³-hybridized carbons (Fsp3) is 0.596. The van der Waals surface area contributed by atoms with Crippen molar-refractivity contribution in [1.82, 2.24) is 50.2 Å². The average molecular weight is 1020 g/mol. The van der Waals surface area contributed by atoms with Crippen LogP contribution in [0.3, 0.4) is 0 Å². The monoisotopic (exact) mass is 1020 g/mol. The van der Waals surface area contributed by atoms with E-state index in [9.17, 15) is 28.8 Å². The molecule has 3 N–H and O–H groups in total. The number of amides is 5. The number of carbonyl (C=O) groups is 5. The first-order chi connectivity index (χ1) is 35.9. The van der Waals surface area contributed by atoms with E-state index in [-0.39, 0.29) is 52.6 Å². The number of halogens is 1. The molecule has 1 aromatic heterocycles. The van der Waals surface area contributed by atoms with Crippen LogP contribution in [0.15, 0.2) is 47.3 Å². The third-order valence-corrected chi connectivity index (χ3v) is 16.6. The number of nitrogens with one attached hydrogen (secondary N) is 3. The van der Waals surface area contributed by atoms with Gasteiger partial charge < -0.3 is 30.2 Å². The molecule has 398 valence electrons. The zero-order chi connectivity index (χ0) is 51.7. The molecule has 2 aliphatic carbocycles. The summed E-state index contributed by atoms with van der Waals surface area (Å²) in [6.07, 6.45) is 14.8. The van der Waals surface area contributed by atoms with E-state index in [4.69, 9.17) is 0 Å².